The van der Waals surface area contributed by atoms with Gasteiger partial charge in [-0.05, 0) is 23.3 Å². The maximum Gasteiger partial charge on any atom is 0.140 e. The van der Waals surface area contributed by atoms with E-state index in [1.807, 2.05) is 84.9 Å². The molecule has 0 saturated heterocycles. The number of halogens is 1. The van der Waals surface area contributed by atoms with Crippen molar-refractivity contribution in [3.05, 3.63) is 107 Å². The highest BCUT2D eigenvalue weighted by atomic mass is 35.5. The first-order valence-corrected chi connectivity index (χ1v) is 10.4. The Morgan fingerprint density at radius 2 is 1.52 bits per heavy atom. The fourth-order valence-electron chi connectivity index (χ4n) is 3.00. The Balaban J connectivity index is 1.76. The Morgan fingerprint density at radius 3 is 2.17 bits per heavy atom. The number of hydrogen-bond donors (Lipinski definition) is 1. The van der Waals surface area contributed by atoms with Gasteiger partial charge < -0.3 is 0 Å². The van der Waals surface area contributed by atoms with Gasteiger partial charge in [-0.3, -0.25) is 0 Å². The summed E-state index contributed by atoms with van der Waals surface area (Å²) in [6, 6.07) is 27.4. The van der Waals surface area contributed by atoms with Gasteiger partial charge in [-0.15, -0.1) is 11.3 Å². The van der Waals surface area contributed by atoms with Gasteiger partial charge in [0.1, 0.15) is 11.0 Å². The van der Waals surface area contributed by atoms with Crippen molar-refractivity contribution < 1.29 is 0 Å². The van der Waals surface area contributed by atoms with Gasteiger partial charge in [0, 0.05) is 10.6 Å². The zero-order valence-corrected chi connectivity index (χ0v) is 17.1. The smallest absolute Gasteiger partial charge is 0.140 e. The normalized spacial score (nSPS) is 12.2. The van der Waals surface area contributed by atoms with Crippen molar-refractivity contribution in [3.63, 3.8) is 0 Å². The lowest BCUT2D eigenvalue weighted by atomic mass is 10.1. The van der Waals surface area contributed by atoms with Crippen LogP contribution in [0.1, 0.15) is 16.6 Å². The monoisotopic (exact) mass is 415 g/mol. The standard InChI is InChI=1S/C24H18ClN3S/c25-20-14-12-18(13-15-20)22-23(19-9-5-2-6-10-19)29-24(27-22)21(28-26)16-11-17-7-3-1-4-8-17/h1-16,21,26H. The minimum Gasteiger partial charge on any atom is -0.238 e. The summed E-state index contributed by atoms with van der Waals surface area (Å²) < 4.78 is 0. The largest absolute Gasteiger partial charge is 0.238 e. The molecule has 1 aromatic heterocycles. The third kappa shape index (κ3) is 4.50. The third-order valence-electron chi connectivity index (χ3n) is 4.46. The lowest BCUT2D eigenvalue weighted by Crippen LogP contribution is -1.90. The number of rotatable bonds is 6. The van der Waals surface area contributed by atoms with Crippen molar-refractivity contribution in [1.29, 1.82) is 5.53 Å². The van der Waals surface area contributed by atoms with Gasteiger partial charge in [0.2, 0.25) is 0 Å². The first-order valence-electron chi connectivity index (χ1n) is 9.16. The molecule has 0 saturated carbocycles. The van der Waals surface area contributed by atoms with Crippen LogP contribution in [-0.2, 0) is 0 Å². The topological polar surface area (TPSA) is 49.1 Å². The summed E-state index contributed by atoms with van der Waals surface area (Å²) in [7, 11) is 0. The molecule has 0 bridgehead atoms. The first-order chi connectivity index (χ1) is 14.2. The van der Waals surface area contributed by atoms with E-state index >= 15 is 0 Å². The molecule has 1 heterocycles. The van der Waals surface area contributed by atoms with Crippen LogP contribution in [0.15, 0.2) is 96.1 Å². The zero-order chi connectivity index (χ0) is 20.1. The molecule has 0 aliphatic rings. The fourth-order valence-corrected chi connectivity index (χ4v) is 4.24. The van der Waals surface area contributed by atoms with Crippen molar-refractivity contribution in [2.24, 2.45) is 5.11 Å². The molecule has 1 unspecified atom stereocenters. The van der Waals surface area contributed by atoms with Crippen LogP contribution in [0.4, 0.5) is 0 Å². The summed E-state index contributed by atoms with van der Waals surface area (Å²) in [4.78, 5) is 5.94. The van der Waals surface area contributed by atoms with Crippen molar-refractivity contribution in [2.75, 3.05) is 0 Å². The van der Waals surface area contributed by atoms with E-state index in [1.165, 1.54) is 0 Å². The molecule has 0 aliphatic heterocycles. The SMILES string of the molecule is N=NC(C=Cc1ccccc1)c1nc(-c2ccc(Cl)cc2)c(-c2ccccc2)s1. The van der Waals surface area contributed by atoms with E-state index in [0.717, 1.165) is 32.3 Å². The van der Waals surface area contributed by atoms with E-state index in [-0.39, 0.29) is 0 Å². The van der Waals surface area contributed by atoms with Gasteiger partial charge in [-0.25, -0.2) is 10.5 Å². The fraction of sp³-hybridized carbons (Fsp3) is 0.0417. The van der Waals surface area contributed by atoms with Crippen molar-refractivity contribution in [3.8, 4) is 21.7 Å². The summed E-state index contributed by atoms with van der Waals surface area (Å²) in [5.41, 5.74) is 11.7. The molecule has 29 heavy (non-hydrogen) atoms. The molecule has 4 aromatic rings. The van der Waals surface area contributed by atoms with Crippen LogP contribution in [0.2, 0.25) is 5.02 Å². The second-order valence-electron chi connectivity index (χ2n) is 6.45. The third-order valence-corrected chi connectivity index (χ3v) is 5.89. The molecular formula is C24H18ClN3S. The van der Waals surface area contributed by atoms with Crippen LogP contribution >= 0.6 is 22.9 Å². The number of nitrogens with one attached hydrogen (secondary N) is 1. The number of aromatic nitrogens is 1. The van der Waals surface area contributed by atoms with Crippen LogP contribution in [0.25, 0.3) is 27.8 Å². The Hall–Kier alpha value is -3.08. The lowest BCUT2D eigenvalue weighted by Gasteiger charge is -2.03. The second kappa shape index (κ2) is 8.95. The molecule has 142 valence electrons. The maximum absolute atomic E-state index is 7.70. The van der Waals surface area contributed by atoms with E-state index in [1.54, 1.807) is 11.3 Å². The lowest BCUT2D eigenvalue weighted by molar-refractivity contribution is 0.797. The highest BCUT2D eigenvalue weighted by Gasteiger charge is 2.19. The van der Waals surface area contributed by atoms with Crippen molar-refractivity contribution in [2.45, 2.75) is 6.04 Å². The average Bonchev–Trinajstić information content (AvgIpc) is 3.21. The molecule has 0 amide bonds. The predicted octanol–water partition coefficient (Wildman–Crippen LogP) is 7.92. The Bertz CT molecular complexity index is 1120. The van der Waals surface area contributed by atoms with Gasteiger partial charge in [0.25, 0.3) is 0 Å². The van der Waals surface area contributed by atoms with E-state index in [2.05, 4.69) is 17.2 Å². The quantitative estimate of drug-likeness (QED) is 0.319. The van der Waals surface area contributed by atoms with Gasteiger partial charge in [0.15, 0.2) is 0 Å². The van der Waals surface area contributed by atoms with Crippen LogP contribution in [0.3, 0.4) is 0 Å². The van der Waals surface area contributed by atoms with E-state index in [0.29, 0.717) is 5.02 Å². The molecule has 3 nitrogen and oxygen atoms in total. The summed E-state index contributed by atoms with van der Waals surface area (Å²) in [5, 5.41) is 5.30. The highest BCUT2D eigenvalue weighted by Crippen LogP contribution is 2.40. The van der Waals surface area contributed by atoms with Crippen LogP contribution in [0.5, 0.6) is 0 Å². The minimum atomic E-state index is -0.427. The summed E-state index contributed by atoms with van der Waals surface area (Å²) in [5.74, 6) is 0. The van der Waals surface area contributed by atoms with Crippen LogP contribution in [0, 0.1) is 5.53 Å². The molecule has 1 N–H and O–H groups in total. The zero-order valence-electron chi connectivity index (χ0n) is 15.5. The summed E-state index contributed by atoms with van der Waals surface area (Å²) in [6.07, 6.45) is 3.90. The predicted molar refractivity (Wildman–Crippen MR) is 121 cm³/mol. The number of benzene rings is 3. The van der Waals surface area contributed by atoms with Crippen molar-refractivity contribution in [1.82, 2.24) is 4.98 Å². The Morgan fingerprint density at radius 1 is 0.862 bits per heavy atom. The number of hydrogen-bond acceptors (Lipinski definition) is 4. The van der Waals surface area contributed by atoms with Gasteiger partial charge >= 0.3 is 0 Å². The molecule has 4 rings (SSSR count). The maximum atomic E-state index is 7.70. The number of nitrogens with zero attached hydrogens (tertiary/aromatic N) is 2. The summed E-state index contributed by atoms with van der Waals surface area (Å²) in [6.45, 7) is 0. The second-order valence-corrected chi connectivity index (χ2v) is 7.91. The molecule has 0 fully saturated rings. The Kier molecular flexibility index (Phi) is 5.94. The molecule has 0 spiro atoms. The van der Waals surface area contributed by atoms with E-state index < -0.39 is 6.04 Å². The van der Waals surface area contributed by atoms with Gasteiger partial charge in [0.05, 0.1) is 10.6 Å². The molecule has 1 atom stereocenters. The highest BCUT2D eigenvalue weighted by molar-refractivity contribution is 7.15. The van der Waals surface area contributed by atoms with E-state index in [4.69, 9.17) is 22.1 Å². The van der Waals surface area contributed by atoms with Gasteiger partial charge in [-0.1, -0.05) is 96.5 Å². The van der Waals surface area contributed by atoms with Crippen molar-refractivity contribution >= 4 is 29.0 Å². The molecule has 3 aromatic carbocycles. The average molecular weight is 416 g/mol. The number of thiazole rings is 1. The van der Waals surface area contributed by atoms with Crippen LogP contribution in [-0.4, -0.2) is 4.98 Å². The molecule has 0 radical (unpaired) electrons. The minimum absolute atomic E-state index is 0.427. The first kappa shape index (κ1) is 19.2. The Labute approximate surface area is 178 Å². The molecule has 5 heteroatoms. The summed E-state index contributed by atoms with van der Waals surface area (Å²) >= 11 is 7.64. The molecular weight excluding hydrogens is 398 g/mol. The van der Waals surface area contributed by atoms with Crippen LogP contribution < -0.4 is 0 Å². The van der Waals surface area contributed by atoms with Gasteiger partial charge in [-0.2, -0.15) is 5.11 Å². The molecule has 0 aliphatic carbocycles. The van der Waals surface area contributed by atoms with E-state index in [9.17, 15) is 0 Å².